The summed E-state index contributed by atoms with van der Waals surface area (Å²) in [7, 11) is 0. The summed E-state index contributed by atoms with van der Waals surface area (Å²) in [5.41, 5.74) is 0.867. The predicted molar refractivity (Wildman–Crippen MR) is 49.9 cm³/mol. The second kappa shape index (κ2) is 4.63. The highest BCUT2D eigenvalue weighted by atomic mass is 15.2. The number of aromatic amines is 1. The lowest BCUT2D eigenvalue weighted by molar-refractivity contribution is 0.259. The number of nitrogens with one attached hydrogen (secondary N) is 1. The fourth-order valence-corrected chi connectivity index (χ4v) is 1.35. The van der Waals surface area contributed by atoms with Gasteiger partial charge in [-0.25, -0.2) is 4.98 Å². The van der Waals surface area contributed by atoms with Crippen molar-refractivity contribution in [3.63, 3.8) is 0 Å². The summed E-state index contributed by atoms with van der Waals surface area (Å²) in [5.74, 6) is 0. The lowest BCUT2D eigenvalue weighted by Crippen LogP contribution is -2.27. The molecule has 0 bridgehead atoms. The van der Waals surface area contributed by atoms with Crippen LogP contribution >= 0.6 is 0 Å². The Kier molecular flexibility index (Phi) is 3.47. The van der Waals surface area contributed by atoms with Crippen LogP contribution in [0.25, 0.3) is 0 Å². The van der Waals surface area contributed by atoms with E-state index in [2.05, 4.69) is 20.9 Å². The minimum Gasteiger partial charge on any atom is -0.346 e. The van der Waals surface area contributed by atoms with Crippen molar-refractivity contribution in [2.45, 2.75) is 19.9 Å². The second-order valence-electron chi connectivity index (χ2n) is 2.76. The maximum atomic E-state index is 8.99. The number of H-pyrrole nitrogens is 1. The van der Waals surface area contributed by atoms with Gasteiger partial charge in [-0.05, 0) is 13.1 Å². The SMILES string of the molecule is CCN(CC)C(C#N)c1cnc[nH]1. The molecule has 0 aliphatic carbocycles. The normalized spacial score (nSPS) is 12.8. The zero-order valence-electron chi connectivity index (χ0n) is 7.99. The van der Waals surface area contributed by atoms with Crippen LogP contribution < -0.4 is 0 Å². The first-order chi connectivity index (χ1) is 6.33. The van der Waals surface area contributed by atoms with E-state index in [-0.39, 0.29) is 6.04 Å². The molecule has 4 heteroatoms. The molecule has 0 aromatic carbocycles. The Bertz CT molecular complexity index is 268. The topological polar surface area (TPSA) is 55.7 Å². The summed E-state index contributed by atoms with van der Waals surface area (Å²) in [6, 6.07) is 2.06. The van der Waals surface area contributed by atoms with Gasteiger partial charge in [-0.2, -0.15) is 5.26 Å². The van der Waals surface area contributed by atoms with Gasteiger partial charge in [0.15, 0.2) is 0 Å². The van der Waals surface area contributed by atoms with Gasteiger partial charge >= 0.3 is 0 Å². The number of aromatic nitrogens is 2. The Hall–Kier alpha value is -1.34. The highest BCUT2D eigenvalue weighted by Gasteiger charge is 2.17. The van der Waals surface area contributed by atoms with Crippen molar-refractivity contribution in [1.29, 1.82) is 5.26 Å². The zero-order chi connectivity index (χ0) is 9.68. The number of nitriles is 1. The molecule has 1 heterocycles. The molecule has 1 aromatic heterocycles. The van der Waals surface area contributed by atoms with Gasteiger partial charge in [-0.1, -0.05) is 13.8 Å². The Labute approximate surface area is 78.2 Å². The fraction of sp³-hybridized carbons (Fsp3) is 0.556. The third kappa shape index (κ3) is 2.07. The predicted octanol–water partition coefficient (Wildman–Crippen LogP) is 1.32. The molecule has 0 saturated carbocycles. The van der Waals surface area contributed by atoms with Gasteiger partial charge in [0.05, 0.1) is 24.3 Å². The van der Waals surface area contributed by atoms with Crippen LogP contribution in [0.1, 0.15) is 25.6 Å². The molecule has 0 spiro atoms. The smallest absolute Gasteiger partial charge is 0.140 e. The molecule has 4 nitrogen and oxygen atoms in total. The number of nitrogens with zero attached hydrogens (tertiary/aromatic N) is 3. The molecule has 1 atom stereocenters. The van der Waals surface area contributed by atoms with Crippen molar-refractivity contribution in [1.82, 2.24) is 14.9 Å². The number of imidazole rings is 1. The van der Waals surface area contributed by atoms with Crippen molar-refractivity contribution in [3.8, 4) is 6.07 Å². The molecule has 0 radical (unpaired) electrons. The van der Waals surface area contributed by atoms with E-state index >= 15 is 0 Å². The summed E-state index contributed by atoms with van der Waals surface area (Å²) in [4.78, 5) is 8.95. The highest BCUT2D eigenvalue weighted by molar-refractivity contribution is 5.11. The van der Waals surface area contributed by atoms with Gasteiger partial charge in [0.2, 0.25) is 0 Å². The van der Waals surface area contributed by atoms with E-state index in [9.17, 15) is 0 Å². The van der Waals surface area contributed by atoms with Crippen molar-refractivity contribution >= 4 is 0 Å². The molecule has 0 aliphatic heterocycles. The Balaban J connectivity index is 2.80. The minimum atomic E-state index is -0.197. The van der Waals surface area contributed by atoms with E-state index in [1.807, 2.05) is 13.8 Å². The molecule has 13 heavy (non-hydrogen) atoms. The van der Waals surface area contributed by atoms with Gasteiger partial charge in [0.1, 0.15) is 6.04 Å². The molecule has 0 saturated heterocycles. The standard InChI is InChI=1S/C9H14N4/c1-3-13(4-2)9(5-10)8-6-11-7-12-8/h6-7,9H,3-4H2,1-2H3,(H,11,12). The maximum absolute atomic E-state index is 8.99. The van der Waals surface area contributed by atoms with Crippen LogP contribution in [0.3, 0.4) is 0 Å². The van der Waals surface area contributed by atoms with E-state index in [1.54, 1.807) is 12.5 Å². The van der Waals surface area contributed by atoms with Crippen molar-refractivity contribution in [2.24, 2.45) is 0 Å². The van der Waals surface area contributed by atoms with Crippen LogP contribution in [-0.2, 0) is 0 Å². The van der Waals surface area contributed by atoms with E-state index in [4.69, 9.17) is 5.26 Å². The van der Waals surface area contributed by atoms with Gasteiger partial charge < -0.3 is 4.98 Å². The molecule has 70 valence electrons. The summed E-state index contributed by atoms with van der Waals surface area (Å²) < 4.78 is 0. The van der Waals surface area contributed by atoms with Crippen LogP contribution in [-0.4, -0.2) is 28.0 Å². The van der Waals surface area contributed by atoms with Crippen LogP contribution in [0.15, 0.2) is 12.5 Å². The maximum Gasteiger partial charge on any atom is 0.140 e. The highest BCUT2D eigenvalue weighted by Crippen LogP contribution is 2.15. The number of hydrogen-bond donors (Lipinski definition) is 1. The first kappa shape index (κ1) is 9.75. The first-order valence-electron chi connectivity index (χ1n) is 4.45. The molecule has 0 aliphatic rings. The Morgan fingerprint density at radius 3 is 2.69 bits per heavy atom. The van der Waals surface area contributed by atoms with Crippen molar-refractivity contribution < 1.29 is 0 Å². The third-order valence-corrected chi connectivity index (χ3v) is 2.11. The van der Waals surface area contributed by atoms with Crippen molar-refractivity contribution in [3.05, 3.63) is 18.2 Å². The molecule has 0 fully saturated rings. The van der Waals surface area contributed by atoms with Crippen LogP contribution in [0.4, 0.5) is 0 Å². The molecular weight excluding hydrogens is 164 g/mol. The summed E-state index contributed by atoms with van der Waals surface area (Å²) in [5, 5.41) is 8.99. The van der Waals surface area contributed by atoms with Crippen LogP contribution in [0.2, 0.25) is 0 Å². The van der Waals surface area contributed by atoms with E-state index in [0.717, 1.165) is 18.8 Å². The Morgan fingerprint density at radius 2 is 2.31 bits per heavy atom. The van der Waals surface area contributed by atoms with E-state index in [0.29, 0.717) is 0 Å². The van der Waals surface area contributed by atoms with Gasteiger partial charge in [0.25, 0.3) is 0 Å². The van der Waals surface area contributed by atoms with Crippen LogP contribution in [0.5, 0.6) is 0 Å². The third-order valence-electron chi connectivity index (χ3n) is 2.11. The minimum absolute atomic E-state index is 0.197. The monoisotopic (exact) mass is 178 g/mol. The molecule has 1 N–H and O–H groups in total. The van der Waals surface area contributed by atoms with Crippen LogP contribution in [0, 0.1) is 11.3 Å². The lowest BCUT2D eigenvalue weighted by atomic mass is 10.2. The number of hydrogen-bond acceptors (Lipinski definition) is 3. The average molecular weight is 178 g/mol. The Morgan fingerprint density at radius 1 is 1.62 bits per heavy atom. The average Bonchev–Trinajstić information content (AvgIpc) is 2.66. The van der Waals surface area contributed by atoms with Gasteiger partial charge in [0, 0.05) is 0 Å². The largest absolute Gasteiger partial charge is 0.346 e. The first-order valence-corrected chi connectivity index (χ1v) is 4.45. The summed E-state index contributed by atoms with van der Waals surface area (Å²) >= 11 is 0. The van der Waals surface area contributed by atoms with Crippen molar-refractivity contribution in [2.75, 3.05) is 13.1 Å². The van der Waals surface area contributed by atoms with E-state index in [1.165, 1.54) is 0 Å². The second-order valence-corrected chi connectivity index (χ2v) is 2.76. The van der Waals surface area contributed by atoms with E-state index < -0.39 is 0 Å². The zero-order valence-corrected chi connectivity index (χ0v) is 7.99. The molecule has 1 unspecified atom stereocenters. The summed E-state index contributed by atoms with van der Waals surface area (Å²) in [6.45, 7) is 5.83. The quantitative estimate of drug-likeness (QED) is 0.756. The molecule has 0 amide bonds. The fourth-order valence-electron chi connectivity index (χ4n) is 1.35. The number of rotatable bonds is 4. The van der Waals surface area contributed by atoms with Gasteiger partial charge in [-0.3, -0.25) is 4.90 Å². The molecular formula is C9H14N4. The molecule has 1 rings (SSSR count). The lowest BCUT2D eigenvalue weighted by Gasteiger charge is -2.22. The summed E-state index contributed by atoms with van der Waals surface area (Å²) in [6.07, 6.45) is 3.30. The molecule has 1 aromatic rings. The van der Waals surface area contributed by atoms with Gasteiger partial charge in [-0.15, -0.1) is 0 Å².